The molecule has 1 heterocycles. The van der Waals surface area contributed by atoms with Crippen molar-refractivity contribution in [3.05, 3.63) is 46.2 Å². The molecule has 2 rings (SSSR count). The lowest BCUT2D eigenvalue weighted by Crippen LogP contribution is -1.91. The number of anilines is 1. The highest BCUT2D eigenvalue weighted by Gasteiger charge is 2.04. The minimum atomic E-state index is 0.550. The first kappa shape index (κ1) is 12.2. The molecule has 0 aliphatic rings. The molecule has 2 aromatic rings. The highest BCUT2D eigenvalue weighted by molar-refractivity contribution is 9.10. The molecule has 0 atom stereocenters. The number of nitrogens with one attached hydrogen (secondary N) is 1. The molecule has 0 radical (unpaired) electrons. The summed E-state index contributed by atoms with van der Waals surface area (Å²) in [6.45, 7) is 0. The van der Waals surface area contributed by atoms with Gasteiger partial charge < -0.3 is 10.1 Å². The molecular weight excluding hydrogens is 304 g/mol. The van der Waals surface area contributed by atoms with Gasteiger partial charge in [0.2, 0.25) is 0 Å². The number of benzene rings is 1. The lowest BCUT2D eigenvalue weighted by Gasteiger charge is -2.08. The van der Waals surface area contributed by atoms with E-state index in [0.29, 0.717) is 16.5 Å². The Hall–Kier alpha value is -1.26. The molecular formula is C12H10BrClN2O. The topological polar surface area (TPSA) is 34.2 Å². The summed E-state index contributed by atoms with van der Waals surface area (Å²) in [4.78, 5) is 4.06. The van der Waals surface area contributed by atoms with E-state index in [4.69, 9.17) is 16.3 Å². The van der Waals surface area contributed by atoms with Crippen LogP contribution in [0.25, 0.3) is 0 Å². The second kappa shape index (κ2) is 5.38. The number of ether oxygens (including phenoxy) is 1. The molecule has 0 unspecified atom stereocenters. The molecule has 0 aliphatic heterocycles. The Morgan fingerprint density at radius 2 is 2.12 bits per heavy atom. The smallest absolute Gasteiger partial charge is 0.147 e. The standard InChI is InChI=1S/C12H10BrClN2O/c1-15-9-5-10(7-16-6-9)17-12-3-2-8(13)4-11(12)14/h2-7,15H,1H3. The molecule has 17 heavy (non-hydrogen) atoms. The van der Waals surface area contributed by atoms with Crippen molar-refractivity contribution in [2.45, 2.75) is 0 Å². The van der Waals surface area contributed by atoms with Gasteiger partial charge in [0.05, 0.1) is 23.1 Å². The number of rotatable bonds is 3. The number of hydrogen-bond acceptors (Lipinski definition) is 3. The van der Waals surface area contributed by atoms with Crippen LogP contribution in [0.15, 0.2) is 41.1 Å². The van der Waals surface area contributed by atoms with Crippen LogP contribution in [0.4, 0.5) is 5.69 Å². The molecule has 1 aromatic carbocycles. The fourth-order valence-corrected chi connectivity index (χ4v) is 2.01. The van der Waals surface area contributed by atoms with Gasteiger partial charge in [-0.05, 0) is 18.2 Å². The molecule has 5 heteroatoms. The molecule has 0 amide bonds. The van der Waals surface area contributed by atoms with Crippen molar-refractivity contribution >= 4 is 33.2 Å². The van der Waals surface area contributed by atoms with Gasteiger partial charge in [0, 0.05) is 17.6 Å². The summed E-state index contributed by atoms with van der Waals surface area (Å²) in [5, 5.41) is 3.54. The monoisotopic (exact) mass is 312 g/mol. The summed E-state index contributed by atoms with van der Waals surface area (Å²) in [7, 11) is 1.83. The van der Waals surface area contributed by atoms with Crippen LogP contribution in [-0.4, -0.2) is 12.0 Å². The third kappa shape index (κ3) is 3.11. The Morgan fingerprint density at radius 3 is 2.82 bits per heavy atom. The van der Waals surface area contributed by atoms with E-state index in [-0.39, 0.29) is 0 Å². The largest absolute Gasteiger partial charge is 0.454 e. The maximum atomic E-state index is 6.06. The van der Waals surface area contributed by atoms with Crippen LogP contribution < -0.4 is 10.1 Å². The maximum Gasteiger partial charge on any atom is 0.147 e. The van der Waals surface area contributed by atoms with Crippen molar-refractivity contribution in [3.8, 4) is 11.5 Å². The third-order valence-electron chi connectivity index (χ3n) is 2.12. The van der Waals surface area contributed by atoms with Gasteiger partial charge >= 0.3 is 0 Å². The van der Waals surface area contributed by atoms with Crippen molar-refractivity contribution in [1.82, 2.24) is 4.98 Å². The molecule has 0 fully saturated rings. The molecule has 88 valence electrons. The van der Waals surface area contributed by atoms with E-state index < -0.39 is 0 Å². The van der Waals surface area contributed by atoms with Gasteiger partial charge in [0.1, 0.15) is 11.5 Å². The van der Waals surface area contributed by atoms with Gasteiger partial charge in [-0.1, -0.05) is 27.5 Å². The molecule has 1 N–H and O–H groups in total. The fraction of sp³-hybridized carbons (Fsp3) is 0.0833. The van der Waals surface area contributed by atoms with E-state index in [1.165, 1.54) is 0 Å². The zero-order valence-electron chi connectivity index (χ0n) is 9.08. The van der Waals surface area contributed by atoms with Crippen LogP contribution in [0.5, 0.6) is 11.5 Å². The van der Waals surface area contributed by atoms with Gasteiger partial charge in [-0.25, -0.2) is 0 Å². The number of hydrogen-bond donors (Lipinski definition) is 1. The Bertz CT molecular complexity index is 534. The summed E-state index contributed by atoms with van der Waals surface area (Å²) < 4.78 is 6.57. The first-order chi connectivity index (χ1) is 8.19. The van der Waals surface area contributed by atoms with E-state index in [1.54, 1.807) is 24.5 Å². The van der Waals surface area contributed by atoms with E-state index in [0.717, 1.165) is 10.2 Å². The van der Waals surface area contributed by atoms with Gasteiger partial charge in [-0.3, -0.25) is 4.98 Å². The molecule has 0 spiro atoms. The van der Waals surface area contributed by atoms with Crippen molar-refractivity contribution in [2.24, 2.45) is 0 Å². The van der Waals surface area contributed by atoms with E-state index in [2.05, 4.69) is 26.2 Å². The average Bonchev–Trinajstić information content (AvgIpc) is 2.33. The Balaban J connectivity index is 2.25. The second-order valence-corrected chi connectivity index (χ2v) is 4.66. The van der Waals surface area contributed by atoms with Crippen LogP contribution in [0.2, 0.25) is 5.02 Å². The van der Waals surface area contributed by atoms with E-state index >= 15 is 0 Å². The molecule has 0 bridgehead atoms. The molecule has 0 saturated carbocycles. The molecule has 0 aliphatic carbocycles. The maximum absolute atomic E-state index is 6.06. The predicted octanol–water partition coefficient (Wildman–Crippen LogP) is 4.33. The van der Waals surface area contributed by atoms with Gasteiger partial charge in [-0.15, -0.1) is 0 Å². The Kier molecular flexibility index (Phi) is 3.86. The van der Waals surface area contributed by atoms with Gasteiger partial charge in [0.15, 0.2) is 0 Å². The third-order valence-corrected chi connectivity index (χ3v) is 2.91. The predicted molar refractivity (Wildman–Crippen MR) is 73.0 cm³/mol. The lowest BCUT2D eigenvalue weighted by atomic mass is 10.3. The number of nitrogens with zero attached hydrogens (tertiary/aromatic N) is 1. The minimum Gasteiger partial charge on any atom is -0.454 e. The normalized spacial score (nSPS) is 10.1. The fourth-order valence-electron chi connectivity index (χ4n) is 1.30. The molecule has 0 saturated heterocycles. The van der Waals surface area contributed by atoms with Crippen LogP contribution in [0.1, 0.15) is 0 Å². The molecule has 1 aromatic heterocycles. The lowest BCUT2D eigenvalue weighted by molar-refractivity contribution is 0.481. The highest BCUT2D eigenvalue weighted by Crippen LogP contribution is 2.31. The Morgan fingerprint density at radius 1 is 1.29 bits per heavy atom. The quantitative estimate of drug-likeness (QED) is 0.915. The summed E-state index contributed by atoms with van der Waals surface area (Å²) in [6, 6.07) is 7.31. The summed E-state index contributed by atoms with van der Waals surface area (Å²) in [5.74, 6) is 1.24. The summed E-state index contributed by atoms with van der Waals surface area (Å²) >= 11 is 9.40. The SMILES string of the molecule is CNc1cncc(Oc2ccc(Br)cc2Cl)c1. The average molecular weight is 314 g/mol. The first-order valence-electron chi connectivity index (χ1n) is 4.95. The first-order valence-corrected chi connectivity index (χ1v) is 6.12. The number of pyridine rings is 1. The zero-order valence-corrected chi connectivity index (χ0v) is 11.4. The van der Waals surface area contributed by atoms with Crippen LogP contribution in [0, 0.1) is 0 Å². The number of halogens is 2. The van der Waals surface area contributed by atoms with E-state index in [9.17, 15) is 0 Å². The van der Waals surface area contributed by atoms with E-state index in [1.807, 2.05) is 19.2 Å². The Labute approximate surface area is 113 Å². The molecule has 3 nitrogen and oxygen atoms in total. The van der Waals surface area contributed by atoms with Crippen molar-refractivity contribution in [2.75, 3.05) is 12.4 Å². The zero-order chi connectivity index (χ0) is 12.3. The minimum absolute atomic E-state index is 0.550. The van der Waals surface area contributed by atoms with Gasteiger partial charge in [-0.2, -0.15) is 0 Å². The second-order valence-electron chi connectivity index (χ2n) is 3.34. The van der Waals surface area contributed by atoms with Crippen LogP contribution in [-0.2, 0) is 0 Å². The summed E-state index contributed by atoms with van der Waals surface area (Å²) in [6.07, 6.45) is 3.36. The van der Waals surface area contributed by atoms with Crippen molar-refractivity contribution in [3.63, 3.8) is 0 Å². The summed E-state index contributed by atoms with van der Waals surface area (Å²) in [5.41, 5.74) is 0.885. The van der Waals surface area contributed by atoms with Crippen molar-refractivity contribution in [1.29, 1.82) is 0 Å². The highest BCUT2D eigenvalue weighted by atomic mass is 79.9. The van der Waals surface area contributed by atoms with Crippen molar-refractivity contribution < 1.29 is 4.74 Å². The van der Waals surface area contributed by atoms with Gasteiger partial charge in [0.25, 0.3) is 0 Å². The van der Waals surface area contributed by atoms with Crippen LogP contribution >= 0.6 is 27.5 Å². The number of aromatic nitrogens is 1. The van der Waals surface area contributed by atoms with Crippen LogP contribution in [0.3, 0.4) is 0 Å².